The van der Waals surface area contributed by atoms with Crippen LogP contribution in [0.4, 0.5) is 5.69 Å². The van der Waals surface area contributed by atoms with E-state index in [1.165, 1.54) is 6.42 Å². The van der Waals surface area contributed by atoms with Crippen molar-refractivity contribution in [3.05, 3.63) is 53.6 Å². The van der Waals surface area contributed by atoms with Crippen LogP contribution in [0.2, 0.25) is 0 Å². The van der Waals surface area contributed by atoms with Gasteiger partial charge in [-0.25, -0.2) is 0 Å². The Kier molecular flexibility index (Phi) is 5.39. The summed E-state index contributed by atoms with van der Waals surface area (Å²) in [5.41, 5.74) is 7.88. The van der Waals surface area contributed by atoms with E-state index < -0.39 is 5.79 Å². The van der Waals surface area contributed by atoms with Crippen LogP contribution >= 0.6 is 12.4 Å². The molecule has 138 valence electrons. The molecule has 0 unspecified atom stereocenters. The number of hydrogen-bond acceptors (Lipinski definition) is 4. The van der Waals surface area contributed by atoms with Gasteiger partial charge in [-0.2, -0.15) is 0 Å². The summed E-state index contributed by atoms with van der Waals surface area (Å²) in [4.78, 5) is 12.4. The van der Waals surface area contributed by atoms with Crippen molar-refractivity contribution in [3.63, 3.8) is 0 Å². The molecule has 0 atom stereocenters. The van der Waals surface area contributed by atoms with Gasteiger partial charge in [0.2, 0.25) is 0 Å². The molecule has 26 heavy (non-hydrogen) atoms. The van der Waals surface area contributed by atoms with Crippen LogP contribution in [0.25, 0.3) is 0 Å². The van der Waals surface area contributed by atoms with Gasteiger partial charge in [0.05, 0.1) is 0 Å². The third kappa shape index (κ3) is 3.64. The number of fused-ring (bicyclic) bond motifs is 1. The molecule has 2 aliphatic rings. The van der Waals surface area contributed by atoms with Crippen LogP contribution in [0.1, 0.15) is 48.0 Å². The van der Waals surface area contributed by atoms with Gasteiger partial charge in [0.15, 0.2) is 11.5 Å². The van der Waals surface area contributed by atoms with E-state index in [1.54, 1.807) is 12.1 Å². The van der Waals surface area contributed by atoms with Crippen LogP contribution in [0.15, 0.2) is 42.5 Å². The summed E-state index contributed by atoms with van der Waals surface area (Å²) in [6.07, 6.45) is 5.30. The molecule has 1 amide bonds. The minimum absolute atomic E-state index is 0. The number of rotatable bonds is 3. The van der Waals surface area contributed by atoms with Crippen molar-refractivity contribution in [1.82, 2.24) is 0 Å². The molecular weight excluding hydrogens is 352 g/mol. The molecule has 1 saturated carbocycles. The Labute approximate surface area is 159 Å². The van der Waals surface area contributed by atoms with Gasteiger partial charge < -0.3 is 20.5 Å². The number of carbonyl (C=O) groups is 1. The maximum atomic E-state index is 12.4. The van der Waals surface area contributed by atoms with Crippen molar-refractivity contribution >= 4 is 24.0 Å². The highest BCUT2D eigenvalue weighted by molar-refractivity contribution is 6.04. The quantitative estimate of drug-likeness (QED) is 0.842. The first-order valence-corrected chi connectivity index (χ1v) is 8.80. The first kappa shape index (κ1) is 18.5. The molecule has 0 aromatic heterocycles. The number of ether oxygens (including phenoxy) is 2. The number of hydrogen-bond donors (Lipinski definition) is 2. The van der Waals surface area contributed by atoms with Crippen molar-refractivity contribution in [2.45, 2.75) is 44.4 Å². The van der Waals surface area contributed by atoms with E-state index in [9.17, 15) is 4.79 Å². The van der Waals surface area contributed by atoms with Crippen molar-refractivity contribution in [2.75, 3.05) is 5.32 Å². The molecule has 2 aromatic carbocycles. The van der Waals surface area contributed by atoms with Crippen LogP contribution in [0.5, 0.6) is 11.5 Å². The summed E-state index contributed by atoms with van der Waals surface area (Å²) < 4.78 is 12.2. The third-order valence-electron chi connectivity index (χ3n) is 4.86. The topological polar surface area (TPSA) is 73.6 Å². The van der Waals surface area contributed by atoms with Crippen molar-refractivity contribution in [2.24, 2.45) is 5.73 Å². The molecule has 3 N–H and O–H groups in total. The minimum Gasteiger partial charge on any atom is -0.448 e. The largest absolute Gasteiger partial charge is 0.448 e. The van der Waals surface area contributed by atoms with E-state index >= 15 is 0 Å². The Morgan fingerprint density at radius 2 is 1.69 bits per heavy atom. The van der Waals surface area contributed by atoms with Crippen molar-refractivity contribution in [1.29, 1.82) is 0 Å². The Morgan fingerprint density at radius 1 is 1.00 bits per heavy atom. The summed E-state index contributed by atoms with van der Waals surface area (Å²) in [6.45, 7) is 0.464. The maximum absolute atomic E-state index is 12.4. The first-order chi connectivity index (χ1) is 12.2. The molecule has 6 heteroatoms. The van der Waals surface area contributed by atoms with E-state index in [0.29, 0.717) is 23.5 Å². The molecular formula is C20H23ClN2O3. The lowest BCUT2D eigenvalue weighted by atomic mass is 9.94. The molecule has 1 spiro atoms. The zero-order chi connectivity index (χ0) is 17.3. The van der Waals surface area contributed by atoms with E-state index in [4.69, 9.17) is 15.2 Å². The van der Waals surface area contributed by atoms with Gasteiger partial charge >= 0.3 is 0 Å². The summed E-state index contributed by atoms with van der Waals surface area (Å²) in [5.74, 6) is 0.807. The fraction of sp³-hybridized carbons (Fsp3) is 0.350. The van der Waals surface area contributed by atoms with Crippen LogP contribution in [-0.2, 0) is 6.54 Å². The maximum Gasteiger partial charge on any atom is 0.255 e. The van der Waals surface area contributed by atoms with Gasteiger partial charge in [0.1, 0.15) is 0 Å². The Morgan fingerprint density at radius 3 is 2.38 bits per heavy atom. The fourth-order valence-corrected chi connectivity index (χ4v) is 3.46. The molecule has 1 aliphatic carbocycles. The zero-order valence-electron chi connectivity index (χ0n) is 14.5. The summed E-state index contributed by atoms with van der Waals surface area (Å²) >= 11 is 0. The van der Waals surface area contributed by atoms with Gasteiger partial charge in [-0.3, -0.25) is 4.79 Å². The molecule has 1 heterocycles. The predicted molar refractivity (Wildman–Crippen MR) is 103 cm³/mol. The smallest absolute Gasteiger partial charge is 0.255 e. The van der Waals surface area contributed by atoms with Crippen LogP contribution in [0.3, 0.4) is 0 Å². The zero-order valence-corrected chi connectivity index (χ0v) is 15.3. The number of halogens is 1. The lowest BCUT2D eigenvalue weighted by Gasteiger charge is -2.31. The second-order valence-electron chi connectivity index (χ2n) is 6.69. The average molecular weight is 375 g/mol. The lowest BCUT2D eigenvalue weighted by Crippen LogP contribution is -2.40. The van der Waals surface area contributed by atoms with Crippen LogP contribution in [0, 0.1) is 0 Å². The summed E-state index contributed by atoms with van der Waals surface area (Å²) in [6, 6.07) is 12.8. The average Bonchev–Trinajstić information content (AvgIpc) is 2.98. The molecule has 4 rings (SSSR count). The number of amides is 1. The summed E-state index contributed by atoms with van der Waals surface area (Å²) in [5, 5.41) is 2.91. The van der Waals surface area contributed by atoms with Gasteiger partial charge in [-0.1, -0.05) is 18.6 Å². The molecule has 0 radical (unpaired) electrons. The molecule has 0 saturated heterocycles. The number of anilines is 1. The lowest BCUT2D eigenvalue weighted by molar-refractivity contribution is -0.105. The fourth-order valence-electron chi connectivity index (χ4n) is 3.46. The Hall–Kier alpha value is -2.24. The summed E-state index contributed by atoms with van der Waals surface area (Å²) in [7, 11) is 0. The van der Waals surface area contributed by atoms with Crippen molar-refractivity contribution in [3.8, 4) is 11.5 Å². The van der Waals surface area contributed by atoms with Gasteiger partial charge in [0.25, 0.3) is 11.7 Å². The highest BCUT2D eigenvalue weighted by Crippen LogP contribution is 2.46. The van der Waals surface area contributed by atoms with Gasteiger partial charge in [-0.05, 0) is 42.7 Å². The monoisotopic (exact) mass is 374 g/mol. The van der Waals surface area contributed by atoms with E-state index in [0.717, 1.165) is 37.0 Å². The molecule has 1 aliphatic heterocycles. The number of carbonyl (C=O) groups excluding carboxylic acids is 1. The minimum atomic E-state index is -0.499. The second kappa shape index (κ2) is 7.56. The van der Waals surface area contributed by atoms with E-state index in [-0.39, 0.29) is 18.3 Å². The predicted octanol–water partition coefficient (Wildman–Crippen LogP) is 4.25. The van der Waals surface area contributed by atoms with Gasteiger partial charge in [-0.15, -0.1) is 12.4 Å². The van der Waals surface area contributed by atoms with E-state index in [1.807, 2.05) is 30.3 Å². The third-order valence-corrected chi connectivity index (χ3v) is 4.86. The standard InChI is InChI=1S/C20H22N2O3.ClH/c21-13-14-4-6-15(7-5-14)19(23)22-16-8-9-17-18(12-16)25-20(24-17)10-2-1-3-11-20;/h4-9,12H,1-3,10-11,13,21H2,(H,22,23);1H. The molecule has 5 nitrogen and oxygen atoms in total. The highest BCUT2D eigenvalue weighted by atomic mass is 35.5. The first-order valence-electron chi connectivity index (χ1n) is 8.80. The number of benzene rings is 2. The Balaban J connectivity index is 0.00000196. The second-order valence-corrected chi connectivity index (χ2v) is 6.69. The van der Waals surface area contributed by atoms with Crippen LogP contribution in [-0.4, -0.2) is 11.7 Å². The van der Waals surface area contributed by atoms with Crippen molar-refractivity contribution < 1.29 is 14.3 Å². The van der Waals surface area contributed by atoms with E-state index in [2.05, 4.69) is 5.32 Å². The molecule has 2 aromatic rings. The number of nitrogens with one attached hydrogen (secondary N) is 1. The van der Waals surface area contributed by atoms with Gasteiger partial charge in [0, 0.05) is 36.7 Å². The Bertz CT molecular complexity index is 786. The highest BCUT2D eigenvalue weighted by Gasteiger charge is 2.42. The molecule has 0 bridgehead atoms. The van der Waals surface area contributed by atoms with Crippen LogP contribution < -0.4 is 20.5 Å². The number of nitrogens with two attached hydrogens (primary N) is 1. The SMILES string of the molecule is Cl.NCc1ccc(C(=O)Nc2ccc3c(c2)OC2(CCCCC2)O3)cc1. The normalized spacial score (nSPS) is 16.8. The molecule has 1 fully saturated rings.